The molecule has 0 aromatic carbocycles. The summed E-state index contributed by atoms with van der Waals surface area (Å²) >= 11 is 0. The lowest BCUT2D eigenvalue weighted by Gasteiger charge is -2.40. The number of nitrogens with zero attached hydrogens (tertiary/aromatic N) is 1. The topological polar surface area (TPSA) is 23.5 Å². The van der Waals surface area contributed by atoms with Gasteiger partial charge in [0.15, 0.2) is 0 Å². The van der Waals surface area contributed by atoms with Crippen LogP contribution < -0.4 is 0 Å². The van der Waals surface area contributed by atoms with E-state index in [1.54, 1.807) is 0 Å². The van der Waals surface area contributed by atoms with E-state index in [0.29, 0.717) is 6.04 Å². The van der Waals surface area contributed by atoms with Crippen LogP contribution in [0.1, 0.15) is 39.0 Å². The number of β-amino-alcohol motifs (C(OH)–C–C–N with tert-alkyl or cyclic N) is 1. The third-order valence-corrected chi connectivity index (χ3v) is 3.47. The standard InChI is InChI=1S/C10H19NO/c1-9-4-2-7-11(9)8-10(12)5-3-6-10/h9,12H,2-8H2,1H3. The molecule has 0 amide bonds. The van der Waals surface area contributed by atoms with Crippen LogP contribution in [-0.4, -0.2) is 34.7 Å². The molecule has 12 heavy (non-hydrogen) atoms. The van der Waals surface area contributed by atoms with E-state index in [4.69, 9.17) is 0 Å². The number of rotatable bonds is 2. The third kappa shape index (κ3) is 1.50. The van der Waals surface area contributed by atoms with Crippen LogP contribution in [0.3, 0.4) is 0 Å². The van der Waals surface area contributed by atoms with Crippen LogP contribution in [0.5, 0.6) is 0 Å². The van der Waals surface area contributed by atoms with Crippen molar-refractivity contribution in [3.63, 3.8) is 0 Å². The lowest BCUT2D eigenvalue weighted by atomic mass is 9.80. The number of aliphatic hydroxyl groups is 1. The van der Waals surface area contributed by atoms with Crippen molar-refractivity contribution in [2.24, 2.45) is 0 Å². The van der Waals surface area contributed by atoms with Crippen LogP contribution in [0, 0.1) is 0 Å². The van der Waals surface area contributed by atoms with E-state index in [2.05, 4.69) is 11.8 Å². The van der Waals surface area contributed by atoms with Gasteiger partial charge in [0.05, 0.1) is 5.60 Å². The van der Waals surface area contributed by atoms with Crippen LogP contribution in [-0.2, 0) is 0 Å². The average Bonchev–Trinajstić information content (AvgIpc) is 2.34. The van der Waals surface area contributed by atoms with E-state index in [0.717, 1.165) is 19.4 Å². The fourth-order valence-corrected chi connectivity index (χ4v) is 2.35. The first-order valence-electron chi connectivity index (χ1n) is 5.16. The maximum absolute atomic E-state index is 9.95. The minimum absolute atomic E-state index is 0.307. The second kappa shape index (κ2) is 3.00. The highest BCUT2D eigenvalue weighted by Crippen LogP contribution is 2.34. The van der Waals surface area contributed by atoms with Crippen molar-refractivity contribution in [2.75, 3.05) is 13.1 Å². The zero-order valence-electron chi connectivity index (χ0n) is 7.92. The van der Waals surface area contributed by atoms with Crippen LogP contribution in [0.2, 0.25) is 0 Å². The first-order valence-corrected chi connectivity index (χ1v) is 5.16. The number of hydrogen-bond donors (Lipinski definition) is 1. The monoisotopic (exact) mass is 169 g/mol. The summed E-state index contributed by atoms with van der Waals surface area (Å²) in [5.74, 6) is 0. The quantitative estimate of drug-likeness (QED) is 0.675. The molecule has 1 saturated carbocycles. The highest BCUT2D eigenvalue weighted by molar-refractivity contribution is 4.92. The molecule has 1 N–H and O–H groups in total. The Balaban J connectivity index is 1.85. The van der Waals surface area contributed by atoms with E-state index in [9.17, 15) is 5.11 Å². The molecule has 0 aromatic heterocycles. The van der Waals surface area contributed by atoms with Gasteiger partial charge in [0.2, 0.25) is 0 Å². The van der Waals surface area contributed by atoms with Crippen LogP contribution in [0.15, 0.2) is 0 Å². The van der Waals surface area contributed by atoms with Gasteiger partial charge in [-0.2, -0.15) is 0 Å². The average molecular weight is 169 g/mol. The van der Waals surface area contributed by atoms with Crippen molar-refractivity contribution in [1.29, 1.82) is 0 Å². The predicted molar refractivity (Wildman–Crippen MR) is 49.1 cm³/mol. The van der Waals surface area contributed by atoms with Gasteiger partial charge in [-0.05, 0) is 45.6 Å². The smallest absolute Gasteiger partial charge is 0.0774 e. The highest BCUT2D eigenvalue weighted by atomic mass is 16.3. The molecule has 1 atom stereocenters. The second-order valence-electron chi connectivity index (χ2n) is 4.54. The minimum Gasteiger partial charge on any atom is -0.389 e. The van der Waals surface area contributed by atoms with E-state index in [1.807, 2.05) is 0 Å². The molecular weight excluding hydrogens is 150 g/mol. The molecule has 1 unspecified atom stereocenters. The van der Waals surface area contributed by atoms with Gasteiger partial charge in [-0.3, -0.25) is 4.90 Å². The fourth-order valence-electron chi connectivity index (χ4n) is 2.35. The van der Waals surface area contributed by atoms with Crippen molar-refractivity contribution >= 4 is 0 Å². The Morgan fingerprint density at radius 1 is 1.42 bits per heavy atom. The van der Waals surface area contributed by atoms with E-state index in [-0.39, 0.29) is 5.60 Å². The lowest BCUT2D eigenvalue weighted by molar-refractivity contribution is -0.0600. The Morgan fingerprint density at radius 2 is 2.17 bits per heavy atom. The van der Waals surface area contributed by atoms with Crippen LogP contribution in [0.4, 0.5) is 0 Å². The summed E-state index contributed by atoms with van der Waals surface area (Å²) in [6.07, 6.45) is 5.90. The van der Waals surface area contributed by atoms with Gasteiger partial charge in [-0.1, -0.05) is 0 Å². The van der Waals surface area contributed by atoms with E-state index in [1.165, 1.54) is 25.8 Å². The zero-order valence-corrected chi connectivity index (χ0v) is 7.92. The van der Waals surface area contributed by atoms with Crippen molar-refractivity contribution in [3.05, 3.63) is 0 Å². The SMILES string of the molecule is CC1CCCN1CC1(O)CCC1. The molecule has 0 bridgehead atoms. The van der Waals surface area contributed by atoms with Gasteiger partial charge in [-0.15, -0.1) is 0 Å². The Kier molecular flexibility index (Phi) is 2.13. The van der Waals surface area contributed by atoms with Crippen LogP contribution >= 0.6 is 0 Å². The Hall–Kier alpha value is -0.0800. The van der Waals surface area contributed by atoms with Gasteiger partial charge in [0.1, 0.15) is 0 Å². The molecule has 2 fully saturated rings. The maximum atomic E-state index is 9.95. The number of hydrogen-bond acceptors (Lipinski definition) is 2. The molecule has 2 rings (SSSR count). The van der Waals surface area contributed by atoms with E-state index < -0.39 is 0 Å². The van der Waals surface area contributed by atoms with Crippen molar-refractivity contribution in [3.8, 4) is 0 Å². The summed E-state index contributed by atoms with van der Waals surface area (Å²) in [4.78, 5) is 2.44. The summed E-state index contributed by atoms with van der Waals surface area (Å²) in [6.45, 7) is 4.40. The molecule has 1 saturated heterocycles. The summed E-state index contributed by atoms with van der Waals surface area (Å²) in [7, 11) is 0. The first kappa shape index (κ1) is 8.52. The van der Waals surface area contributed by atoms with Crippen LogP contribution in [0.25, 0.3) is 0 Å². The minimum atomic E-state index is -0.307. The molecule has 2 aliphatic rings. The molecule has 2 heteroatoms. The molecule has 0 spiro atoms. The summed E-state index contributed by atoms with van der Waals surface area (Å²) in [6, 6.07) is 0.703. The molecule has 2 nitrogen and oxygen atoms in total. The van der Waals surface area contributed by atoms with Crippen molar-refractivity contribution in [1.82, 2.24) is 4.90 Å². The maximum Gasteiger partial charge on any atom is 0.0774 e. The van der Waals surface area contributed by atoms with Gasteiger partial charge < -0.3 is 5.11 Å². The molecular formula is C10H19NO. The Labute approximate surface area is 74.6 Å². The molecule has 70 valence electrons. The largest absolute Gasteiger partial charge is 0.389 e. The molecule has 1 aliphatic carbocycles. The van der Waals surface area contributed by atoms with Gasteiger partial charge in [-0.25, -0.2) is 0 Å². The molecule has 1 heterocycles. The Morgan fingerprint density at radius 3 is 2.58 bits per heavy atom. The predicted octanol–water partition coefficient (Wildman–Crippen LogP) is 1.39. The number of likely N-dealkylation sites (tertiary alicyclic amines) is 1. The van der Waals surface area contributed by atoms with Gasteiger partial charge in [0.25, 0.3) is 0 Å². The summed E-state index contributed by atoms with van der Waals surface area (Å²) in [5.41, 5.74) is -0.307. The molecule has 0 radical (unpaired) electrons. The Bertz CT molecular complexity index is 165. The van der Waals surface area contributed by atoms with Gasteiger partial charge in [0, 0.05) is 12.6 Å². The normalized spacial score (nSPS) is 35.0. The fraction of sp³-hybridized carbons (Fsp3) is 1.00. The highest BCUT2D eigenvalue weighted by Gasteiger charge is 2.37. The summed E-state index contributed by atoms with van der Waals surface area (Å²) in [5, 5.41) is 9.95. The lowest BCUT2D eigenvalue weighted by Crippen LogP contribution is -2.48. The third-order valence-electron chi connectivity index (χ3n) is 3.47. The van der Waals surface area contributed by atoms with Crippen molar-refractivity contribution < 1.29 is 5.11 Å². The first-order chi connectivity index (χ1) is 5.70. The summed E-state index contributed by atoms with van der Waals surface area (Å²) < 4.78 is 0. The van der Waals surface area contributed by atoms with Gasteiger partial charge >= 0.3 is 0 Å². The molecule has 0 aromatic rings. The zero-order chi connectivity index (χ0) is 8.60. The second-order valence-corrected chi connectivity index (χ2v) is 4.54. The van der Waals surface area contributed by atoms with Crippen molar-refractivity contribution in [2.45, 2.75) is 50.7 Å². The van der Waals surface area contributed by atoms with E-state index >= 15 is 0 Å². The molecule has 1 aliphatic heterocycles.